The van der Waals surface area contributed by atoms with Gasteiger partial charge in [0.05, 0.1) is 12.2 Å². The highest BCUT2D eigenvalue weighted by Crippen LogP contribution is 2.15. The summed E-state index contributed by atoms with van der Waals surface area (Å²) in [7, 11) is 1.88. The summed E-state index contributed by atoms with van der Waals surface area (Å²) in [4.78, 5) is 13.8. The molecule has 1 fully saturated rings. The van der Waals surface area contributed by atoms with Gasteiger partial charge in [-0.3, -0.25) is 10.1 Å². The largest absolute Gasteiger partial charge is 0.329 e. The predicted molar refractivity (Wildman–Crippen MR) is 68.5 cm³/mol. The van der Waals surface area contributed by atoms with Gasteiger partial charge in [0.1, 0.15) is 0 Å². The Kier molecular flexibility index (Phi) is 3.79. The van der Waals surface area contributed by atoms with Crippen LogP contribution in [-0.4, -0.2) is 30.1 Å². The van der Waals surface area contributed by atoms with Crippen molar-refractivity contribution >= 4 is 5.91 Å². The fraction of sp³-hybridized carbons (Fsp3) is 0.500. The summed E-state index contributed by atoms with van der Waals surface area (Å²) in [6.07, 6.45) is 3.01. The van der Waals surface area contributed by atoms with Gasteiger partial charge >= 0.3 is 0 Å². The summed E-state index contributed by atoms with van der Waals surface area (Å²) in [5.41, 5.74) is 1.30. The Morgan fingerprint density at radius 3 is 2.59 bits per heavy atom. The SMILES string of the molecule is CCC1NC(CCc2ccccc2)C(=O)N1C. The number of aryl methyl sites for hydroxylation is 1. The molecule has 1 aliphatic rings. The van der Waals surface area contributed by atoms with Gasteiger partial charge in [-0.1, -0.05) is 37.3 Å². The zero-order valence-corrected chi connectivity index (χ0v) is 10.5. The van der Waals surface area contributed by atoms with E-state index in [1.165, 1.54) is 5.56 Å². The van der Waals surface area contributed by atoms with Crippen molar-refractivity contribution < 1.29 is 4.79 Å². The second-order valence-electron chi connectivity index (χ2n) is 4.62. The molecule has 17 heavy (non-hydrogen) atoms. The Hall–Kier alpha value is -1.35. The van der Waals surface area contributed by atoms with Gasteiger partial charge < -0.3 is 4.90 Å². The second kappa shape index (κ2) is 5.32. The number of nitrogens with one attached hydrogen (secondary N) is 1. The van der Waals surface area contributed by atoms with Crippen LogP contribution in [0.4, 0.5) is 0 Å². The molecule has 0 radical (unpaired) electrons. The van der Waals surface area contributed by atoms with E-state index in [0.717, 1.165) is 19.3 Å². The molecule has 0 spiro atoms. The molecule has 1 N–H and O–H groups in total. The van der Waals surface area contributed by atoms with Crippen molar-refractivity contribution in [3.63, 3.8) is 0 Å². The number of benzene rings is 1. The minimum absolute atomic E-state index is 0.00911. The lowest BCUT2D eigenvalue weighted by atomic mass is 10.1. The summed E-state index contributed by atoms with van der Waals surface area (Å²) in [6, 6.07) is 10.3. The Morgan fingerprint density at radius 2 is 2.00 bits per heavy atom. The lowest BCUT2D eigenvalue weighted by Crippen LogP contribution is -2.33. The van der Waals surface area contributed by atoms with Gasteiger partial charge in [0, 0.05) is 7.05 Å². The molecule has 0 saturated carbocycles. The molecule has 0 aliphatic carbocycles. The van der Waals surface area contributed by atoms with Crippen molar-refractivity contribution in [2.45, 2.75) is 38.4 Å². The van der Waals surface area contributed by atoms with Crippen molar-refractivity contribution in [3.05, 3.63) is 35.9 Å². The molecule has 3 heteroatoms. The van der Waals surface area contributed by atoms with E-state index in [2.05, 4.69) is 24.4 Å². The first-order chi connectivity index (χ1) is 8.22. The van der Waals surface area contributed by atoms with Gasteiger partial charge in [0.2, 0.25) is 5.91 Å². The highest BCUT2D eigenvalue weighted by Gasteiger charge is 2.34. The number of carbonyl (C=O) groups is 1. The second-order valence-corrected chi connectivity index (χ2v) is 4.62. The maximum atomic E-state index is 12.0. The Balaban J connectivity index is 1.90. The summed E-state index contributed by atoms with van der Waals surface area (Å²) in [5.74, 6) is 0.229. The smallest absolute Gasteiger partial charge is 0.240 e. The number of nitrogens with zero attached hydrogens (tertiary/aromatic N) is 1. The molecular weight excluding hydrogens is 212 g/mol. The van der Waals surface area contributed by atoms with Crippen LogP contribution in [0.2, 0.25) is 0 Å². The van der Waals surface area contributed by atoms with Crippen LogP contribution < -0.4 is 5.32 Å². The number of hydrogen-bond donors (Lipinski definition) is 1. The maximum absolute atomic E-state index is 12.0. The van der Waals surface area contributed by atoms with Gasteiger partial charge in [-0.15, -0.1) is 0 Å². The highest BCUT2D eigenvalue weighted by molar-refractivity contribution is 5.84. The van der Waals surface area contributed by atoms with Gasteiger partial charge in [0.25, 0.3) is 0 Å². The molecule has 3 nitrogen and oxygen atoms in total. The first-order valence-corrected chi connectivity index (χ1v) is 6.29. The van der Waals surface area contributed by atoms with E-state index in [4.69, 9.17) is 0 Å². The molecule has 1 aromatic rings. The normalized spacial score (nSPS) is 24.4. The predicted octanol–water partition coefficient (Wildman–Crippen LogP) is 1.79. The zero-order valence-electron chi connectivity index (χ0n) is 10.5. The van der Waals surface area contributed by atoms with E-state index in [1.54, 1.807) is 0 Å². The third kappa shape index (κ3) is 2.67. The Labute approximate surface area is 103 Å². The van der Waals surface area contributed by atoms with Crippen LogP contribution >= 0.6 is 0 Å². The van der Waals surface area contributed by atoms with Crippen LogP contribution in [0.5, 0.6) is 0 Å². The Morgan fingerprint density at radius 1 is 1.29 bits per heavy atom. The number of carbonyl (C=O) groups excluding carboxylic acids is 1. The van der Waals surface area contributed by atoms with Crippen LogP contribution in [0, 0.1) is 0 Å². The van der Waals surface area contributed by atoms with Crippen molar-refractivity contribution in [1.29, 1.82) is 0 Å². The zero-order chi connectivity index (χ0) is 12.3. The molecule has 1 amide bonds. The standard InChI is InChI=1S/C14H20N2O/c1-3-13-15-12(14(17)16(13)2)10-9-11-7-5-4-6-8-11/h4-8,12-13,15H,3,9-10H2,1-2H3. The van der Waals surface area contributed by atoms with E-state index < -0.39 is 0 Å². The van der Waals surface area contributed by atoms with E-state index in [1.807, 2.05) is 30.1 Å². The summed E-state index contributed by atoms with van der Waals surface area (Å²) in [6.45, 7) is 2.10. The van der Waals surface area contributed by atoms with E-state index in [0.29, 0.717) is 0 Å². The molecule has 1 aromatic carbocycles. The molecule has 2 rings (SSSR count). The molecule has 0 bridgehead atoms. The maximum Gasteiger partial charge on any atom is 0.240 e. The Bertz CT molecular complexity index is 377. The fourth-order valence-corrected chi connectivity index (χ4v) is 2.37. The van der Waals surface area contributed by atoms with Crippen molar-refractivity contribution in [3.8, 4) is 0 Å². The number of amides is 1. The van der Waals surface area contributed by atoms with Crippen molar-refractivity contribution in [2.24, 2.45) is 0 Å². The number of hydrogen-bond acceptors (Lipinski definition) is 2. The first kappa shape index (κ1) is 12.1. The van der Waals surface area contributed by atoms with E-state index in [9.17, 15) is 4.79 Å². The fourth-order valence-electron chi connectivity index (χ4n) is 2.37. The summed E-state index contributed by atoms with van der Waals surface area (Å²) < 4.78 is 0. The minimum Gasteiger partial charge on any atom is -0.329 e. The van der Waals surface area contributed by atoms with Gasteiger partial charge in [-0.2, -0.15) is 0 Å². The monoisotopic (exact) mass is 232 g/mol. The topological polar surface area (TPSA) is 32.3 Å². The van der Waals surface area contributed by atoms with E-state index in [-0.39, 0.29) is 18.1 Å². The van der Waals surface area contributed by atoms with Crippen LogP contribution in [0.25, 0.3) is 0 Å². The molecule has 92 valence electrons. The average Bonchev–Trinajstić information content (AvgIpc) is 2.65. The molecule has 0 aromatic heterocycles. The van der Waals surface area contributed by atoms with Gasteiger partial charge in [0.15, 0.2) is 0 Å². The lowest BCUT2D eigenvalue weighted by molar-refractivity contribution is -0.128. The molecule has 1 aliphatic heterocycles. The van der Waals surface area contributed by atoms with Crippen LogP contribution in [-0.2, 0) is 11.2 Å². The molecule has 1 saturated heterocycles. The van der Waals surface area contributed by atoms with Gasteiger partial charge in [-0.05, 0) is 24.8 Å². The lowest BCUT2D eigenvalue weighted by Gasteiger charge is -2.16. The van der Waals surface area contributed by atoms with Crippen LogP contribution in [0.15, 0.2) is 30.3 Å². The summed E-state index contributed by atoms with van der Waals surface area (Å²) >= 11 is 0. The van der Waals surface area contributed by atoms with Crippen molar-refractivity contribution in [2.75, 3.05) is 7.05 Å². The molecule has 2 unspecified atom stereocenters. The average molecular weight is 232 g/mol. The molecule has 2 atom stereocenters. The van der Waals surface area contributed by atoms with Gasteiger partial charge in [-0.25, -0.2) is 0 Å². The molecule has 1 heterocycles. The number of likely N-dealkylation sites (N-methyl/N-ethyl adjacent to an activating group) is 1. The first-order valence-electron chi connectivity index (χ1n) is 6.29. The van der Waals surface area contributed by atoms with Crippen molar-refractivity contribution in [1.82, 2.24) is 10.2 Å². The summed E-state index contributed by atoms with van der Waals surface area (Å²) in [5, 5.41) is 3.39. The quantitative estimate of drug-likeness (QED) is 0.858. The van der Waals surface area contributed by atoms with Crippen LogP contribution in [0.1, 0.15) is 25.3 Å². The third-order valence-electron chi connectivity index (χ3n) is 3.46. The number of rotatable bonds is 4. The highest BCUT2D eigenvalue weighted by atomic mass is 16.2. The van der Waals surface area contributed by atoms with E-state index >= 15 is 0 Å². The third-order valence-corrected chi connectivity index (χ3v) is 3.46. The van der Waals surface area contributed by atoms with Crippen LogP contribution in [0.3, 0.4) is 0 Å². The minimum atomic E-state index is -0.00911. The molecular formula is C14H20N2O.